The van der Waals surface area contributed by atoms with Crippen molar-refractivity contribution in [1.82, 2.24) is 20.5 Å². The van der Waals surface area contributed by atoms with E-state index in [4.69, 9.17) is 18.9 Å². The number of carbonyl (C=O) groups excluding carboxylic acids is 4. The van der Waals surface area contributed by atoms with Gasteiger partial charge in [0.05, 0.1) is 48.7 Å². The van der Waals surface area contributed by atoms with Crippen molar-refractivity contribution in [3.63, 3.8) is 0 Å². The lowest BCUT2D eigenvalue weighted by atomic mass is 9.87. The molecule has 2 aromatic rings. The summed E-state index contributed by atoms with van der Waals surface area (Å²) in [7, 11) is 0. The molecule has 4 saturated heterocycles. The summed E-state index contributed by atoms with van der Waals surface area (Å²) in [6, 6.07) is 5.62. The monoisotopic (exact) mass is 909 g/mol. The maximum atomic E-state index is 14.5. The van der Waals surface area contributed by atoms with E-state index in [-0.39, 0.29) is 94.2 Å². The summed E-state index contributed by atoms with van der Waals surface area (Å²) in [4.78, 5) is 58.0. The first-order valence-electron chi connectivity index (χ1n) is 23.1. The lowest BCUT2D eigenvalue weighted by Gasteiger charge is -2.35. The molecule has 0 aliphatic carbocycles. The van der Waals surface area contributed by atoms with Crippen LogP contribution in [0.4, 0.5) is 0 Å². The molecule has 4 aliphatic heterocycles. The third-order valence-electron chi connectivity index (χ3n) is 15.7. The molecule has 0 spiro atoms. The van der Waals surface area contributed by atoms with E-state index in [0.29, 0.717) is 19.3 Å². The fourth-order valence-corrected chi connectivity index (χ4v) is 11.8. The van der Waals surface area contributed by atoms with Gasteiger partial charge in [0.1, 0.15) is 0 Å². The number of hydrogen-bond donors (Lipinski definition) is 4. The Kier molecular flexibility index (Phi) is 13.1. The van der Waals surface area contributed by atoms with Crippen molar-refractivity contribution in [3.8, 4) is 0 Å². The van der Waals surface area contributed by atoms with E-state index in [9.17, 15) is 34.8 Å². The van der Waals surface area contributed by atoms with Crippen molar-refractivity contribution in [2.75, 3.05) is 26.4 Å². The van der Waals surface area contributed by atoms with Crippen LogP contribution in [0.5, 0.6) is 0 Å². The van der Waals surface area contributed by atoms with Crippen molar-refractivity contribution in [2.24, 2.45) is 23.7 Å². The predicted molar refractivity (Wildman–Crippen MR) is 244 cm³/mol. The number of ether oxygens (including phenoxy) is 4. The first kappa shape index (κ1) is 50.7. The van der Waals surface area contributed by atoms with Crippen molar-refractivity contribution in [2.45, 2.75) is 181 Å². The molecule has 4 atom stereocenters. The van der Waals surface area contributed by atoms with Gasteiger partial charge in [0, 0.05) is 78.8 Å². The largest absolute Gasteiger partial charge is 0.462 e. The molecule has 2 aromatic carbocycles. The third kappa shape index (κ3) is 9.32. The van der Waals surface area contributed by atoms with Crippen molar-refractivity contribution in [3.05, 3.63) is 46.5 Å². The van der Waals surface area contributed by atoms with E-state index in [1.807, 2.05) is 83.1 Å². The number of nitrogens with zero attached hydrogens (tertiary/aromatic N) is 3. The van der Waals surface area contributed by atoms with Gasteiger partial charge in [-0.2, -0.15) is 15.2 Å². The maximum absolute atomic E-state index is 14.5. The van der Waals surface area contributed by atoms with Gasteiger partial charge in [-0.3, -0.25) is 0 Å². The number of rotatable bonds is 12. The zero-order chi connectivity index (χ0) is 48.8. The Balaban J connectivity index is 1.45. The summed E-state index contributed by atoms with van der Waals surface area (Å²) in [6.45, 7) is 30.9. The van der Waals surface area contributed by atoms with E-state index in [2.05, 4.69) is 33.0 Å². The van der Waals surface area contributed by atoms with Gasteiger partial charge < -0.3 is 39.9 Å². The summed E-state index contributed by atoms with van der Waals surface area (Å²) in [5.41, 5.74) is -4.86. The quantitative estimate of drug-likeness (QED) is 0.117. The second-order valence-electron chi connectivity index (χ2n) is 24.1. The number of benzene rings is 2. The molecular formula is C50H76N4O11. The van der Waals surface area contributed by atoms with Crippen LogP contribution in [-0.4, -0.2) is 125 Å². The van der Waals surface area contributed by atoms with E-state index in [0.717, 1.165) is 6.42 Å². The van der Waals surface area contributed by atoms with E-state index in [1.165, 1.54) is 39.5 Å². The highest BCUT2D eigenvalue weighted by Crippen LogP contribution is 2.46. The van der Waals surface area contributed by atoms with Crippen LogP contribution in [0.1, 0.15) is 178 Å². The molecule has 6 rings (SSSR count). The average Bonchev–Trinajstić information content (AvgIpc) is 3.66. The summed E-state index contributed by atoms with van der Waals surface area (Å²) in [6.07, 6.45) is 2.31. The first-order chi connectivity index (χ1) is 29.6. The highest BCUT2D eigenvalue weighted by Gasteiger charge is 2.54. The second-order valence-corrected chi connectivity index (χ2v) is 24.1. The topological polar surface area (TPSA) is 188 Å². The summed E-state index contributed by atoms with van der Waals surface area (Å²) in [5.74, 6) is -4.06. The molecule has 0 saturated carbocycles. The summed E-state index contributed by atoms with van der Waals surface area (Å²) in [5, 5.41) is 40.4. The van der Waals surface area contributed by atoms with E-state index < -0.39 is 57.1 Å². The minimum atomic E-state index is -0.812. The van der Waals surface area contributed by atoms with Crippen molar-refractivity contribution in [1.29, 1.82) is 0 Å². The molecule has 65 heavy (non-hydrogen) atoms. The van der Waals surface area contributed by atoms with Crippen LogP contribution >= 0.6 is 0 Å². The number of carbonyl (C=O) groups is 4. The summed E-state index contributed by atoms with van der Waals surface area (Å²) < 4.78 is 24.2. The standard InChI is InChI=1S/C50H76N4O11/c1-43(2)21-29(47(9,10)51-43)25-62-39(55)33-17-18-35(41(57)64-27-31-23-45(5,6)53(60)49(31,13)14)38-36(42(58)65-28-32-24-46(7,8)54(61)50(32,15)16)20-19-34(37(33)38)40(56)63-26-30-22-44(3,4)52(59)48(30,11)12/h17-20,29-32,51,59-61H,21-28H2,1-16H3. The van der Waals surface area contributed by atoms with Gasteiger partial charge in [-0.05, 0) is 161 Å². The molecule has 15 nitrogen and oxygen atoms in total. The van der Waals surface area contributed by atoms with Crippen LogP contribution in [0.25, 0.3) is 10.8 Å². The third-order valence-corrected chi connectivity index (χ3v) is 15.7. The number of nitrogens with one attached hydrogen (secondary N) is 1. The summed E-state index contributed by atoms with van der Waals surface area (Å²) >= 11 is 0. The average molecular weight is 909 g/mol. The van der Waals surface area contributed by atoms with Gasteiger partial charge in [0.2, 0.25) is 0 Å². The number of fused-ring (bicyclic) bond motifs is 1. The Labute approximate surface area is 385 Å². The molecule has 0 amide bonds. The first-order valence-corrected chi connectivity index (χ1v) is 23.1. The lowest BCUT2D eigenvalue weighted by molar-refractivity contribution is -0.198. The Morgan fingerprint density at radius 2 is 0.708 bits per heavy atom. The van der Waals surface area contributed by atoms with Gasteiger partial charge >= 0.3 is 23.9 Å². The van der Waals surface area contributed by atoms with Crippen LogP contribution in [-0.2, 0) is 18.9 Å². The minimum absolute atomic E-state index is 0.0319. The Morgan fingerprint density at radius 3 is 0.908 bits per heavy atom. The SMILES string of the molecule is CC1(C)CC(COC(=O)c2ccc(C(=O)OCC3CC(C)(C)N(O)C3(C)C)c3c(C(=O)OCC4CC(C)(C)N(O)C4(C)C)ccc(C(=O)OCC4CC(C)(C)N(O)C4(C)C)c23)C(C)(C)N1. The highest BCUT2D eigenvalue weighted by atomic mass is 16.6. The second kappa shape index (κ2) is 16.8. The van der Waals surface area contributed by atoms with Gasteiger partial charge in [-0.25, -0.2) is 19.2 Å². The van der Waals surface area contributed by atoms with Crippen LogP contribution in [0, 0.1) is 23.7 Å². The van der Waals surface area contributed by atoms with E-state index >= 15 is 0 Å². The molecule has 4 aliphatic rings. The molecule has 0 aromatic heterocycles. The van der Waals surface area contributed by atoms with Crippen molar-refractivity contribution >= 4 is 34.6 Å². The number of hydrogen-bond acceptors (Lipinski definition) is 15. The predicted octanol–water partition coefficient (Wildman–Crippen LogP) is 8.44. The zero-order valence-corrected chi connectivity index (χ0v) is 41.7. The molecular weight excluding hydrogens is 833 g/mol. The Bertz CT molecular complexity index is 2150. The molecule has 4 unspecified atom stereocenters. The number of esters is 4. The fourth-order valence-electron chi connectivity index (χ4n) is 11.8. The smallest absolute Gasteiger partial charge is 0.338 e. The van der Waals surface area contributed by atoms with Crippen LogP contribution < -0.4 is 5.32 Å². The molecule has 362 valence electrons. The Hall–Kier alpha value is -3.70. The molecule has 4 N–H and O–H groups in total. The van der Waals surface area contributed by atoms with Crippen LogP contribution in [0.3, 0.4) is 0 Å². The van der Waals surface area contributed by atoms with Crippen LogP contribution in [0.2, 0.25) is 0 Å². The normalized spacial score (nSPS) is 28.3. The highest BCUT2D eigenvalue weighted by molar-refractivity contribution is 6.22. The molecule has 0 radical (unpaired) electrons. The maximum Gasteiger partial charge on any atom is 0.338 e. The minimum Gasteiger partial charge on any atom is -0.462 e. The van der Waals surface area contributed by atoms with Gasteiger partial charge in [0.15, 0.2) is 0 Å². The van der Waals surface area contributed by atoms with Crippen molar-refractivity contribution < 1.29 is 53.7 Å². The zero-order valence-electron chi connectivity index (χ0n) is 41.7. The Morgan fingerprint density at radius 1 is 0.462 bits per heavy atom. The fraction of sp³-hybridized carbons (Fsp3) is 0.720. The number of hydroxylamine groups is 6. The lowest BCUT2D eigenvalue weighted by Crippen LogP contribution is -2.47. The molecule has 0 bridgehead atoms. The van der Waals surface area contributed by atoms with E-state index in [1.54, 1.807) is 0 Å². The molecule has 4 fully saturated rings. The van der Waals surface area contributed by atoms with Gasteiger partial charge in [-0.15, -0.1) is 0 Å². The van der Waals surface area contributed by atoms with Crippen LogP contribution in [0.15, 0.2) is 24.3 Å². The molecule has 15 heteroatoms. The van der Waals surface area contributed by atoms with Gasteiger partial charge in [-0.1, -0.05) is 0 Å². The molecule has 4 heterocycles. The van der Waals surface area contributed by atoms with Gasteiger partial charge in [0.25, 0.3) is 0 Å².